The summed E-state index contributed by atoms with van der Waals surface area (Å²) in [4.78, 5) is 26.6. The van der Waals surface area contributed by atoms with E-state index in [1.165, 1.54) is 18.4 Å². The van der Waals surface area contributed by atoms with Crippen LogP contribution < -0.4 is 15.1 Å². The Labute approximate surface area is 183 Å². The van der Waals surface area contributed by atoms with E-state index in [1.807, 2.05) is 6.07 Å². The van der Waals surface area contributed by atoms with Crippen molar-refractivity contribution in [2.75, 3.05) is 42.5 Å². The normalized spacial score (nSPS) is 23.8. The first-order chi connectivity index (χ1) is 15.2. The third kappa shape index (κ3) is 4.82. The van der Waals surface area contributed by atoms with E-state index in [2.05, 4.69) is 44.4 Å². The van der Waals surface area contributed by atoms with Gasteiger partial charge in [-0.15, -0.1) is 0 Å². The molecule has 31 heavy (non-hydrogen) atoms. The van der Waals surface area contributed by atoms with Crippen molar-refractivity contribution in [2.24, 2.45) is 5.92 Å². The van der Waals surface area contributed by atoms with Gasteiger partial charge in [0, 0.05) is 44.7 Å². The topological polar surface area (TPSA) is 81.6 Å². The number of aliphatic hydroxyl groups excluding tert-OH is 1. The van der Waals surface area contributed by atoms with Crippen LogP contribution in [-0.2, 0) is 0 Å². The number of benzene rings is 1. The first kappa shape index (κ1) is 20.2. The number of nitrogens with zero attached hydrogens (tertiary/aromatic N) is 4. The van der Waals surface area contributed by atoms with Crippen molar-refractivity contribution in [2.45, 2.75) is 44.1 Å². The summed E-state index contributed by atoms with van der Waals surface area (Å²) in [5, 5.41) is 13.0. The van der Waals surface area contributed by atoms with Crippen LogP contribution in [0.2, 0.25) is 0 Å². The lowest BCUT2D eigenvalue weighted by atomic mass is 9.91. The molecule has 2 saturated heterocycles. The molecule has 1 aromatic heterocycles. The maximum Gasteiger partial charge on any atom is 0.270 e. The molecule has 7 heteroatoms. The Bertz CT molecular complexity index is 917. The van der Waals surface area contributed by atoms with Gasteiger partial charge in [0.15, 0.2) is 0 Å². The smallest absolute Gasteiger partial charge is 0.270 e. The molecular weight excluding hydrogens is 390 g/mol. The number of piperidine rings is 1. The highest BCUT2D eigenvalue weighted by Crippen LogP contribution is 2.30. The minimum atomic E-state index is -0.344. The highest BCUT2D eigenvalue weighted by molar-refractivity contribution is 5.93. The number of β-amino-alcohol motifs (C(OH)–C–C–N with tert-alkyl or cyclic N) is 1. The van der Waals surface area contributed by atoms with Crippen LogP contribution in [0, 0.1) is 5.92 Å². The van der Waals surface area contributed by atoms with Crippen molar-refractivity contribution < 1.29 is 9.90 Å². The third-order valence-corrected chi connectivity index (χ3v) is 6.64. The lowest BCUT2D eigenvalue weighted by Crippen LogP contribution is -2.37. The molecule has 164 valence electrons. The SMILES string of the molecule is O=C(NCC1CC1)c1cc(N2CC[C@@H](O)C2)nc(N2CCC[C@@H](c3ccccc3)C2)n1. The number of aliphatic hydroxyl groups is 1. The Morgan fingerprint density at radius 3 is 2.61 bits per heavy atom. The van der Waals surface area contributed by atoms with E-state index < -0.39 is 0 Å². The second-order valence-corrected chi connectivity index (χ2v) is 9.15. The standard InChI is InChI=1S/C24H31N5O2/c30-20-10-12-28(16-20)22-13-21(23(31)25-14-17-8-9-17)26-24(27-22)29-11-4-7-19(15-29)18-5-2-1-3-6-18/h1-3,5-6,13,17,19-20,30H,4,7-12,14-16H2,(H,25,31)/t19-,20-/m1/s1. The van der Waals surface area contributed by atoms with Crippen LogP contribution >= 0.6 is 0 Å². The molecule has 1 aliphatic carbocycles. The van der Waals surface area contributed by atoms with Gasteiger partial charge in [-0.2, -0.15) is 4.98 Å². The van der Waals surface area contributed by atoms with E-state index in [0.717, 1.165) is 51.3 Å². The highest BCUT2D eigenvalue weighted by atomic mass is 16.3. The Kier molecular flexibility index (Phi) is 5.76. The van der Waals surface area contributed by atoms with Gasteiger partial charge in [0.2, 0.25) is 5.95 Å². The van der Waals surface area contributed by atoms with Gasteiger partial charge in [0.1, 0.15) is 11.5 Å². The lowest BCUT2D eigenvalue weighted by Gasteiger charge is -2.33. The summed E-state index contributed by atoms with van der Waals surface area (Å²) >= 11 is 0. The minimum Gasteiger partial charge on any atom is -0.391 e. The summed E-state index contributed by atoms with van der Waals surface area (Å²) in [5.74, 6) is 2.28. The molecule has 0 unspecified atom stereocenters. The van der Waals surface area contributed by atoms with E-state index >= 15 is 0 Å². The maximum absolute atomic E-state index is 12.8. The van der Waals surface area contributed by atoms with Crippen molar-refractivity contribution in [3.63, 3.8) is 0 Å². The predicted octanol–water partition coefficient (Wildman–Crippen LogP) is 2.57. The average Bonchev–Trinajstić information content (AvgIpc) is 3.55. The molecule has 1 saturated carbocycles. The molecule has 1 aromatic carbocycles. The summed E-state index contributed by atoms with van der Waals surface area (Å²) in [6, 6.07) is 12.4. The molecule has 3 heterocycles. The number of aromatic nitrogens is 2. The van der Waals surface area contributed by atoms with Gasteiger partial charge in [-0.25, -0.2) is 4.98 Å². The number of carbonyl (C=O) groups is 1. The zero-order chi connectivity index (χ0) is 21.2. The number of rotatable bonds is 6. The molecule has 0 radical (unpaired) electrons. The lowest BCUT2D eigenvalue weighted by molar-refractivity contribution is 0.0946. The first-order valence-corrected chi connectivity index (χ1v) is 11.6. The summed E-state index contributed by atoms with van der Waals surface area (Å²) in [6.07, 6.45) is 4.99. The van der Waals surface area contributed by atoms with Crippen LogP contribution in [0.3, 0.4) is 0 Å². The number of hydrogen-bond donors (Lipinski definition) is 2. The van der Waals surface area contributed by atoms with E-state index in [0.29, 0.717) is 30.0 Å². The van der Waals surface area contributed by atoms with Crippen molar-refractivity contribution in [1.82, 2.24) is 15.3 Å². The zero-order valence-electron chi connectivity index (χ0n) is 17.9. The van der Waals surface area contributed by atoms with Gasteiger partial charge in [-0.3, -0.25) is 4.79 Å². The van der Waals surface area contributed by atoms with Crippen molar-refractivity contribution in [3.8, 4) is 0 Å². The molecular formula is C24H31N5O2. The fourth-order valence-electron chi connectivity index (χ4n) is 4.60. The number of anilines is 2. The summed E-state index contributed by atoms with van der Waals surface area (Å²) in [7, 11) is 0. The molecule has 0 spiro atoms. The Morgan fingerprint density at radius 2 is 1.87 bits per heavy atom. The van der Waals surface area contributed by atoms with Crippen LogP contribution in [0.25, 0.3) is 0 Å². The number of hydrogen-bond acceptors (Lipinski definition) is 6. The molecule has 2 N–H and O–H groups in total. The van der Waals surface area contributed by atoms with Crippen LogP contribution in [0.1, 0.15) is 54.1 Å². The molecule has 2 aliphatic heterocycles. The predicted molar refractivity (Wildman–Crippen MR) is 121 cm³/mol. The van der Waals surface area contributed by atoms with E-state index in [4.69, 9.17) is 4.98 Å². The maximum atomic E-state index is 12.8. The van der Waals surface area contributed by atoms with Gasteiger partial charge in [-0.1, -0.05) is 30.3 Å². The van der Waals surface area contributed by atoms with E-state index in [1.54, 1.807) is 6.07 Å². The van der Waals surface area contributed by atoms with Crippen LogP contribution in [0.4, 0.5) is 11.8 Å². The van der Waals surface area contributed by atoms with Crippen molar-refractivity contribution >= 4 is 17.7 Å². The summed E-state index contributed by atoms with van der Waals surface area (Å²) in [6.45, 7) is 3.74. The fraction of sp³-hybridized carbons (Fsp3) is 0.542. The van der Waals surface area contributed by atoms with Crippen LogP contribution in [-0.4, -0.2) is 59.8 Å². The third-order valence-electron chi connectivity index (χ3n) is 6.64. The van der Waals surface area contributed by atoms with Gasteiger partial charge < -0.3 is 20.2 Å². The zero-order valence-corrected chi connectivity index (χ0v) is 17.9. The molecule has 2 aromatic rings. The molecule has 7 nitrogen and oxygen atoms in total. The summed E-state index contributed by atoms with van der Waals surface area (Å²) < 4.78 is 0. The minimum absolute atomic E-state index is 0.131. The molecule has 3 fully saturated rings. The van der Waals surface area contributed by atoms with Crippen LogP contribution in [0.15, 0.2) is 36.4 Å². The first-order valence-electron chi connectivity index (χ1n) is 11.6. The summed E-state index contributed by atoms with van der Waals surface area (Å²) in [5.41, 5.74) is 1.76. The monoisotopic (exact) mass is 421 g/mol. The van der Waals surface area contributed by atoms with Gasteiger partial charge >= 0.3 is 0 Å². The number of nitrogens with one attached hydrogen (secondary N) is 1. The van der Waals surface area contributed by atoms with Crippen LogP contribution in [0.5, 0.6) is 0 Å². The molecule has 3 aliphatic rings. The fourth-order valence-corrected chi connectivity index (χ4v) is 4.60. The van der Waals surface area contributed by atoms with Gasteiger partial charge in [-0.05, 0) is 43.6 Å². The largest absolute Gasteiger partial charge is 0.391 e. The Morgan fingerprint density at radius 1 is 1.03 bits per heavy atom. The van der Waals surface area contributed by atoms with Crippen molar-refractivity contribution in [1.29, 1.82) is 0 Å². The van der Waals surface area contributed by atoms with E-state index in [-0.39, 0.29) is 12.0 Å². The number of carbonyl (C=O) groups excluding carboxylic acids is 1. The van der Waals surface area contributed by atoms with Gasteiger partial charge in [0.25, 0.3) is 5.91 Å². The highest BCUT2D eigenvalue weighted by Gasteiger charge is 2.28. The average molecular weight is 422 g/mol. The van der Waals surface area contributed by atoms with E-state index in [9.17, 15) is 9.90 Å². The molecule has 0 bridgehead atoms. The van der Waals surface area contributed by atoms with Crippen molar-refractivity contribution in [3.05, 3.63) is 47.7 Å². The second kappa shape index (κ2) is 8.83. The quantitative estimate of drug-likeness (QED) is 0.746. The molecule has 5 rings (SSSR count). The van der Waals surface area contributed by atoms with Gasteiger partial charge in [0.05, 0.1) is 6.10 Å². The Hall–Kier alpha value is -2.67. The molecule has 2 atom stereocenters. The molecule has 1 amide bonds. The Balaban J connectivity index is 1.40. The second-order valence-electron chi connectivity index (χ2n) is 9.15. The number of amides is 1.